The molecule has 1 rings (SSSR count). The van der Waals surface area contributed by atoms with Gasteiger partial charge < -0.3 is 25.4 Å². The Hall–Kier alpha value is -1.22. The van der Waals surface area contributed by atoms with E-state index in [1.807, 2.05) is 45.2 Å². The molecule has 0 fully saturated rings. The molecule has 0 saturated carbocycles. The van der Waals surface area contributed by atoms with Gasteiger partial charge in [0.05, 0.1) is 0 Å². The Morgan fingerprint density at radius 2 is 1.85 bits per heavy atom. The van der Waals surface area contributed by atoms with Gasteiger partial charge in [-0.15, -0.1) is 12.4 Å². The van der Waals surface area contributed by atoms with Crippen LogP contribution in [0.25, 0.3) is 0 Å². The first kappa shape index (κ1) is 28.0. The van der Waals surface area contributed by atoms with Crippen LogP contribution in [0.5, 0.6) is 5.75 Å². The van der Waals surface area contributed by atoms with E-state index >= 15 is 0 Å². The molecule has 1 aromatic rings. The number of thiocarbonyl (C=S) groups is 1. The summed E-state index contributed by atoms with van der Waals surface area (Å²) in [5, 5.41) is 10.4. The van der Waals surface area contributed by atoms with Gasteiger partial charge in [0.2, 0.25) is 0 Å². The van der Waals surface area contributed by atoms with Gasteiger partial charge in [0, 0.05) is 26.2 Å². The Morgan fingerprint density at radius 3 is 2.26 bits per heavy atom. The summed E-state index contributed by atoms with van der Waals surface area (Å²) in [5.41, 5.74) is 7.28. The summed E-state index contributed by atoms with van der Waals surface area (Å²) in [6, 6.07) is 4.03. The van der Waals surface area contributed by atoms with Crippen molar-refractivity contribution in [3.63, 3.8) is 0 Å². The molecule has 1 aromatic carbocycles. The zero-order valence-corrected chi connectivity index (χ0v) is 19.4. The van der Waals surface area contributed by atoms with Crippen molar-refractivity contribution in [3.8, 4) is 5.75 Å². The van der Waals surface area contributed by atoms with Crippen molar-refractivity contribution in [2.45, 2.75) is 39.3 Å². The van der Waals surface area contributed by atoms with E-state index in [1.165, 1.54) is 0 Å². The third kappa shape index (κ3) is 11.3. The number of carbonyl (C=O) groups excluding carboxylic acids is 1. The van der Waals surface area contributed by atoms with Crippen LogP contribution in [0, 0.1) is 0 Å². The Bertz CT molecular complexity index is 610. The first-order valence-corrected chi connectivity index (χ1v) is 9.16. The Kier molecular flexibility index (Phi) is 14.4. The summed E-state index contributed by atoms with van der Waals surface area (Å²) < 4.78 is 5.62. The minimum Gasteiger partial charge on any atom is -0.507 e. The number of rotatable bonds is 6. The molecular formula is C18H32ClN3O3S2. The number of hydrogen-bond acceptors (Lipinski definition) is 5. The second kappa shape index (κ2) is 13.9. The number of thiol groups is 1. The fourth-order valence-electron chi connectivity index (χ4n) is 2.20. The molecule has 0 aromatic heterocycles. The number of nitrogens with zero attached hydrogens (tertiary/aromatic N) is 2. The summed E-state index contributed by atoms with van der Waals surface area (Å²) in [6.45, 7) is 5.37. The van der Waals surface area contributed by atoms with Crippen molar-refractivity contribution < 1.29 is 14.6 Å². The topological polar surface area (TPSA) is 79.0 Å². The van der Waals surface area contributed by atoms with Crippen molar-refractivity contribution in [3.05, 3.63) is 28.8 Å². The fraction of sp³-hybridized carbons (Fsp3) is 0.556. The quantitative estimate of drug-likeness (QED) is 0.464. The van der Waals surface area contributed by atoms with Gasteiger partial charge in [-0.1, -0.05) is 26.5 Å². The molecule has 3 N–H and O–H groups in total. The maximum absolute atomic E-state index is 10.5. The van der Waals surface area contributed by atoms with Gasteiger partial charge in [-0.3, -0.25) is 4.79 Å². The predicted octanol–water partition coefficient (Wildman–Crippen LogP) is 3.75. The molecule has 0 spiro atoms. The minimum absolute atomic E-state index is 0. The SMILES string of the molecule is CCC(C)c1cc(COC(=S)N(C)C)cc(CN(C)C)c1O.Cl.NC(=O)S. The molecule has 0 aliphatic rings. The average molecular weight is 438 g/mol. The predicted molar refractivity (Wildman–Crippen MR) is 121 cm³/mol. The van der Waals surface area contributed by atoms with E-state index in [0.717, 1.165) is 23.1 Å². The first-order chi connectivity index (χ1) is 12.0. The maximum atomic E-state index is 10.5. The molecule has 1 unspecified atom stereocenters. The van der Waals surface area contributed by atoms with Crippen LogP contribution in [0.3, 0.4) is 0 Å². The van der Waals surface area contributed by atoms with Crippen LogP contribution in [0.2, 0.25) is 0 Å². The summed E-state index contributed by atoms with van der Waals surface area (Å²) in [5.74, 6) is 0.712. The second-order valence-electron chi connectivity index (χ2n) is 6.53. The molecular weight excluding hydrogens is 406 g/mol. The van der Waals surface area contributed by atoms with Gasteiger partial charge in [-0.2, -0.15) is 0 Å². The van der Waals surface area contributed by atoms with Crippen LogP contribution in [-0.4, -0.2) is 53.5 Å². The minimum atomic E-state index is -0.639. The third-order valence-corrected chi connectivity index (χ3v) is 4.12. The zero-order chi connectivity index (χ0) is 20.4. The third-order valence-electron chi connectivity index (χ3n) is 3.64. The number of amides is 1. The highest BCUT2D eigenvalue weighted by atomic mass is 35.5. The van der Waals surface area contributed by atoms with Crippen LogP contribution < -0.4 is 5.73 Å². The van der Waals surface area contributed by atoms with Crippen molar-refractivity contribution in [1.29, 1.82) is 0 Å². The molecule has 0 saturated heterocycles. The number of carbonyl (C=O) groups is 1. The second-order valence-corrected chi connectivity index (χ2v) is 7.32. The molecule has 0 radical (unpaired) electrons. The molecule has 0 heterocycles. The van der Waals surface area contributed by atoms with E-state index in [0.29, 0.717) is 30.0 Å². The summed E-state index contributed by atoms with van der Waals surface area (Å²) in [7, 11) is 7.71. The molecule has 1 amide bonds. The molecule has 0 aliphatic heterocycles. The normalized spacial score (nSPS) is 11.0. The van der Waals surface area contributed by atoms with Gasteiger partial charge in [-0.05, 0) is 61.9 Å². The van der Waals surface area contributed by atoms with Crippen LogP contribution in [0.15, 0.2) is 12.1 Å². The van der Waals surface area contributed by atoms with Crippen molar-refractivity contribution in [2.24, 2.45) is 5.73 Å². The lowest BCUT2D eigenvalue weighted by Gasteiger charge is -2.20. The molecule has 1 atom stereocenters. The highest BCUT2D eigenvalue weighted by molar-refractivity contribution is 7.96. The molecule has 0 aliphatic carbocycles. The van der Waals surface area contributed by atoms with Gasteiger partial charge in [-0.25, -0.2) is 0 Å². The Morgan fingerprint density at radius 1 is 1.33 bits per heavy atom. The standard InChI is InChI=1S/C17H28N2O2S.CH3NOS.ClH/c1-7-12(2)15-9-13(11-21-17(22)19(5)6)8-14(16(15)20)10-18(3)4;2-1(3)4;/h8-9,12,20H,7,10-11H2,1-6H3;(H3,2,3,4);1H. The van der Waals surface area contributed by atoms with Gasteiger partial charge >= 0.3 is 0 Å². The van der Waals surface area contributed by atoms with E-state index in [1.54, 1.807) is 4.90 Å². The first-order valence-electron chi connectivity index (χ1n) is 8.31. The fourth-order valence-corrected chi connectivity index (χ4v) is 2.26. The van der Waals surface area contributed by atoms with Crippen LogP contribution in [-0.2, 0) is 17.9 Å². The molecule has 27 heavy (non-hydrogen) atoms. The zero-order valence-electron chi connectivity index (χ0n) is 16.9. The summed E-state index contributed by atoms with van der Waals surface area (Å²) in [4.78, 5) is 12.9. The number of primary amides is 1. The lowest BCUT2D eigenvalue weighted by molar-refractivity contribution is 0.257. The smallest absolute Gasteiger partial charge is 0.273 e. The monoisotopic (exact) mass is 437 g/mol. The van der Waals surface area contributed by atoms with E-state index in [2.05, 4.69) is 32.2 Å². The summed E-state index contributed by atoms with van der Waals surface area (Å²) >= 11 is 8.26. The number of hydrogen-bond donors (Lipinski definition) is 3. The Labute approximate surface area is 179 Å². The van der Waals surface area contributed by atoms with Crippen LogP contribution in [0.1, 0.15) is 42.9 Å². The number of phenols is 1. The average Bonchev–Trinajstić information content (AvgIpc) is 2.53. The Balaban J connectivity index is 0. The van der Waals surface area contributed by atoms with Crippen molar-refractivity contribution >= 4 is 47.7 Å². The van der Waals surface area contributed by atoms with E-state index in [-0.39, 0.29) is 12.4 Å². The van der Waals surface area contributed by atoms with Gasteiger partial charge in [0.25, 0.3) is 10.4 Å². The van der Waals surface area contributed by atoms with E-state index in [9.17, 15) is 5.11 Å². The van der Waals surface area contributed by atoms with Crippen LogP contribution in [0.4, 0.5) is 4.79 Å². The van der Waals surface area contributed by atoms with Crippen molar-refractivity contribution in [2.75, 3.05) is 28.2 Å². The van der Waals surface area contributed by atoms with Gasteiger partial charge in [0.1, 0.15) is 12.4 Å². The van der Waals surface area contributed by atoms with Gasteiger partial charge in [0.15, 0.2) is 0 Å². The molecule has 9 heteroatoms. The van der Waals surface area contributed by atoms with Crippen LogP contribution >= 0.6 is 37.3 Å². The highest BCUT2D eigenvalue weighted by Gasteiger charge is 2.15. The highest BCUT2D eigenvalue weighted by Crippen LogP contribution is 2.33. The summed E-state index contributed by atoms with van der Waals surface area (Å²) in [6.07, 6.45) is 0.982. The number of benzene rings is 1. The maximum Gasteiger partial charge on any atom is 0.273 e. The van der Waals surface area contributed by atoms with Crippen molar-refractivity contribution in [1.82, 2.24) is 9.80 Å². The number of nitrogens with two attached hydrogens (primary N) is 1. The number of ether oxygens (including phenoxy) is 1. The largest absolute Gasteiger partial charge is 0.507 e. The molecule has 6 nitrogen and oxygen atoms in total. The number of aromatic hydroxyl groups is 1. The lowest BCUT2D eigenvalue weighted by atomic mass is 9.93. The lowest BCUT2D eigenvalue weighted by Crippen LogP contribution is -2.22. The van der Waals surface area contributed by atoms with E-state index in [4.69, 9.17) is 21.7 Å². The molecule has 0 bridgehead atoms. The van der Waals surface area contributed by atoms with E-state index < -0.39 is 5.24 Å². The number of halogens is 1. The molecule has 156 valence electrons. The number of phenolic OH excluding ortho intramolecular Hbond substituents is 1.